The van der Waals surface area contributed by atoms with Gasteiger partial charge in [0.1, 0.15) is 0 Å². The normalized spacial score (nSPS) is 10.7. The quantitative estimate of drug-likeness (QED) is 0.737. The van der Waals surface area contributed by atoms with Gasteiger partial charge >= 0.3 is 0 Å². The molecule has 0 nitrogen and oxygen atoms in total. The number of hydrogen-bond acceptors (Lipinski definition) is 1. The topological polar surface area (TPSA) is 0 Å². The maximum absolute atomic E-state index is 4.55. The molecule has 0 amide bonds. The Balaban J connectivity index is 0. The van der Waals surface area contributed by atoms with Gasteiger partial charge in [-0.2, -0.15) is 0 Å². The number of hydrogen-bond donors (Lipinski definition) is 1. The molecule has 0 heterocycles. The summed E-state index contributed by atoms with van der Waals surface area (Å²) >= 11 is 4.55. The van der Waals surface area contributed by atoms with Crippen molar-refractivity contribution in [1.82, 2.24) is 0 Å². The van der Waals surface area contributed by atoms with Crippen LogP contribution in [-0.4, -0.2) is 0 Å². The molecule has 1 aromatic carbocycles. The molecule has 0 aliphatic heterocycles. The standard InChI is InChI=1S/C15H16S.2C2H6/c1-5-9-12-10-11(6-2)13(7-3)15(16)14(12)8-4;2*1-2/h5-10,16H,1-3H2,4H3;2*1-2H3/b12-9-,14-8+;;. The lowest BCUT2D eigenvalue weighted by molar-refractivity contribution is 1.30. The van der Waals surface area contributed by atoms with Crippen molar-refractivity contribution in [3.63, 3.8) is 0 Å². The average molecular weight is 288 g/mol. The Bertz CT molecular complexity index is 548. The Hall–Kier alpha value is -1.47. The van der Waals surface area contributed by atoms with E-state index in [1.807, 2.05) is 58.9 Å². The van der Waals surface area contributed by atoms with E-state index < -0.39 is 0 Å². The van der Waals surface area contributed by atoms with E-state index in [9.17, 15) is 0 Å². The van der Waals surface area contributed by atoms with Gasteiger partial charge in [0.15, 0.2) is 0 Å². The molecule has 0 spiro atoms. The fourth-order valence-corrected chi connectivity index (χ4v) is 2.17. The van der Waals surface area contributed by atoms with Gasteiger partial charge in [0.25, 0.3) is 0 Å². The SMILES string of the molecule is C=C/C=c1/cc(C=C)c(C=C)c(S)/c1=C/C.CC.CC. The van der Waals surface area contributed by atoms with Gasteiger partial charge in [-0.1, -0.05) is 77.8 Å². The highest BCUT2D eigenvalue weighted by molar-refractivity contribution is 7.80. The third kappa shape index (κ3) is 5.26. The van der Waals surface area contributed by atoms with Crippen LogP contribution in [-0.2, 0) is 0 Å². The summed E-state index contributed by atoms with van der Waals surface area (Å²) in [6, 6.07) is 2.07. The van der Waals surface area contributed by atoms with Crippen LogP contribution in [0.5, 0.6) is 0 Å². The molecule has 0 aliphatic carbocycles. The first-order valence-corrected chi connectivity index (χ1v) is 7.54. The van der Waals surface area contributed by atoms with Crippen molar-refractivity contribution >= 4 is 36.9 Å². The van der Waals surface area contributed by atoms with E-state index in [-0.39, 0.29) is 0 Å². The predicted molar refractivity (Wildman–Crippen MR) is 101 cm³/mol. The third-order valence-corrected chi connectivity index (χ3v) is 2.94. The second-order valence-corrected chi connectivity index (χ2v) is 3.78. The van der Waals surface area contributed by atoms with Gasteiger partial charge in [-0.05, 0) is 34.6 Å². The molecule has 1 rings (SSSR count). The van der Waals surface area contributed by atoms with Crippen LogP contribution in [0.1, 0.15) is 45.7 Å². The summed E-state index contributed by atoms with van der Waals surface area (Å²) in [6.07, 6.45) is 9.41. The van der Waals surface area contributed by atoms with Gasteiger partial charge in [-0.15, -0.1) is 12.6 Å². The van der Waals surface area contributed by atoms with E-state index in [1.165, 1.54) is 0 Å². The van der Waals surface area contributed by atoms with E-state index >= 15 is 0 Å². The third-order valence-electron chi connectivity index (χ3n) is 2.45. The molecule has 0 saturated heterocycles. The predicted octanol–water partition coefficient (Wildman–Crippen LogP) is 5.08. The smallest absolute Gasteiger partial charge is 0.0194 e. The second kappa shape index (κ2) is 12.6. The van der Waals surface area contributed by atoms with Gasteiger partial charge in [-0.25, -0.2) is 0 Å². The lowest BCUT2D eigenvalue weighted by Crippen LogP contribution is -2.27. The Morgan fingerprint density at radius 3 is 1.90 bits per heavy atom. The van der Waals surface area contributed by atoms with E-state index in [1.54, 1.807) is 6.08 Å². The van der Waals surface area contributed by atoms with Gasteiger partial charge < -0.3 is 0 Å². The lowest BCUT2D eigenvalue weighted by Gasteiger charge is -2.06. The Morgan fingerprint density at radius 1 is 1.00 bits per heavy atom. The molecule has 0 aliphatic rings. The Labute approximate surface area is 130 Å². The minimum atomic E-state index is 0.933. The average Bonchev–Trinajstić information content (AvgIpc) is 2.51. The van der Waals surface area contributed by atoms with Crippen molar-refractivity contribution in [3.8, 4) is 0 Å². The molecule has 110 valence electrons. The lowest BCUT2D eigenvalue weighted by atomic mass is 10.0. The Morgan fingerprint density at radius 2 is 1.55 bits per heavy atom. The molecule has 1 aromatic rings. The van der Waals surface area contributed by atoms with Gasteiger partial charge in [-0.3, -0.25) is 0 Å². The van der Waals surface area contributed by atoms with Crippen LogP contribution >= 0.6 is 12.6 Å². The Kier molecular flexibility index (Phi) is 13.1. The summed E-state index contributed by atoms with van der Waals surface area (Å²) in [5.74, 6) is 0. The van der Waals surface area contributed by atoms with E-state index in [0.29, 0.717) is 0 Å². The molecule has 0 fully saturated rings. The summed E-state index contributed by atoms with van der Waals surface area (Å²) in [6.45, 7) is 21.3. The molecular formula is C19H28S. The maximum atomic E-state index is 4.55. The number of allylic oxidation sites excluding steroid dienone is 1. The molecular weight excluding hydrogens is 260 g/mol. The van der Waals surface area contributed by atoms with Crippen LogP contribution in [0.4, 0.5) is 0 Å². The molecule has 0 aromatic heterocycles. The highest BCUT2D eigenvalue weighted by atomic mass is 32.1. The monoisotopic (exact) mass is 288 g/mol. The summed E-state index contributed by atoms with van der Waals surface area (Å²) in [5.41, 5.74) is 2.06. The van der Waals surface area contributed by atoms with Crippen molar-refractivity contribution in [2.75, 3.05) is 0 Å². The van der Waals surface area contributed by atoms with Crippen LogP contribution < -0.4 is 10.4 Å². The van der Waals surface area contributed by atoms with Crippen LogP contribution in [0.15, 0.2) is 36.8 Å². The minimum absolute atomic E-state index is 0.933. The molecule has 0 radical (unpaired) electrons. The van der Waals surface area contributed by atoms with Gasteiger partial charge in [0, 0.05) is 4.90 Å². The van der Waals surface area contributed by atoms with Crippen LogP contribution in [0.2, 0.25) is 0 Å². The molecule has 0 bridgehead atoms. The fraction of sp³-hybridized carbons (Fsp3) is 0.263. The maximum Gasteiger partial charge on any atom is 0.0194 e. The number of benzene rings is 1. The highest BCUT2D eigenvalue weighted by Gasteiger charge is 2.03. The van der Waals surface area contributed by atoms with Crippen molar-refractivity contribution in [2.24, 2.45) is 0 Å². The van der Waals surface area contributed by atoms with Crippen molar-refractivity contribution in [1.29, 1.82) is 0 Å². The summed E-state index contributed by atoms with van der Waals surface area (Å²) < 4.78 is 0. The van der Waals surface area contributed by atoms with Gasteiger partial charge in [0.05, 0.1) is 0 Å². The van der Waals surface area contributed by atoms with E-state index in [4.69, 9.17) is 0 Å². The summed E-state index contributed by atoms with van der Waals surface area (Å²) in [7, 11) is 0. The van der Waals surface area contributed by atoms with E-state index in [2.05, 4.69) is 38.4 Å². The first-order valence-electron chi connectivity index (χ1n) is 7.09. The van der Waals surface area contributed by atoms with Crippen molar-refractivity contribution < 1.29 is 0 Å². The highest BCUT2D eigenvalue weighted by Crippen LogP contribution is 2.15. The molecule has 0 atom stereocenters. The molecule has 0 N–H and O–H groups in total. The largest absolute Gasteiger partial charge is 0.142 e. The van der Waals surface area contributed by atoms with Crippen LogP contribution in [0.3, 0.4) is 0 Å². The van der Waals surface area contributed by atoms with Gasteiger partial charge in [0.2, 0.25) is 0 Å². The van der Waals surface area contributed by atoms with Crippen LogP contribution in [0.25, 0.3) is 24.3 Å². The molecule has 0 unspecified atom stereocenters. The van der Waals surface area contributed by atoms with Crippen molar-refractivity contribution in [3.05, 3.63) is 53.4 Å². The molecule has 1 heteroatoms. The fourth-order valence-electron chi connectivity index (χ4n) is 1.69. The minimum Gasteiger partial charge on any atom is -0.142 e. The van der Waals surface area contributed by atoms with Crippen molar-refractivity contribution in [2.45, 2.75) is 39.5 Å². The zero-order valence-corrected chi connectivity index (χ0v) is 14.4. The summed E-state index contributed by atoms with van der Waals surface area (Å²) in [4.78, 5) is 0.933. The van der Waals surface area contributed by atoms with Crippen LogP contribution in [0, 0.1) is 0 Å². The summed E-state index contributed by atoms with van der Waals surface area (Å²) in [5, 5.41) is 2.20. The molecule has 0 saturated carbocycles. The molecule has 20 heavy (non-hydrogen) atoms. The van der Waals surface area contributed by atoms with E-state index in [0.717, 1.165) is 26.5 Å². The number of thiol groups is 1. The zero-order chi connectivity index (χ0) is 16.1. The zero-order valence-electron chi connectivity index (χ0n) is 13.5. The first kappa shape index (κ1) is 20.8. The second-order valence-electron chi connectivity index (χ2n) is 3.33. The number of rotatable bonds is 3. The first-order chi connectivity index (χ1) is 9.69.